The van der Waals surface area contributed by atoms with Crippen LogP contribution in [0.1, 0.15) is 21.5 Å². The number of halogens is 1. The molecular formula is C19H16FN5O4S2. The Kier molecular flexibility index (Phi) is 7.26. The maximum absolute atomic E-state index is 12.9. The van der Waals surface area contributed by atoms with Crippen LogP contribution in [0.3, 0.4) is 0 Å². The lowest BCUT2D eigenvalue weighted by atomic mass is 10.1. The first-order valence-electron chi connectivity index (χ1n) is 8.85. The van der Waals surface area contributed by atoms with Crippen LogP contribution in [0.5, 0.6) is 0 Å². The summed E-state index contributed by atoms with van der Waals surface area (Å²) >= 11 is 2.23. The van der Waals surface area contributed by atoms with Crippen LogP contribution in [-0.4, -0.2) is 32.7 Å². The molecule has 1 heterocycles. The minimum absolute atomic E-state index is 0.0912. The molecule has 0 spiro atoms. The lowest BCUT2D eigenvalue weighted by Gasteiger charge is -2.04. The van der Waals surface area contributed by atoms with Crippen LogP contribution < -0.4 is 10.6 Å². The minimum atomic E-state index is -0.549. The third-order valence-electron chi connectivity index (χ3n) is 4.02. The zero-order chi connectivity index (χ0) is 22.4. The second kappa shape index (κ2) is 10.1. The fourth-order valence-electron chi connectivity index (χ4n) is 2.42. The number of anilines is 1. The SMILES string of the molecule is Cc1ccc(C(=O)Nc2nnc(SCC(=O)NCc3ccc(F)cc3)s2)cc1[N+](=O)[O-]. The zero-order valence-electron chi connectivity index (χ0n) is 16.1. The van der Waals surface area contributed by atoms with Gasteiger partial charge in [-0.25, -0.2) is 4.39 Å². The van der Waals surface area contributed by atoms with E-state index in [0.717, 1.165) is 28.7 Å². The molecule has 0 aliphatic heterocycles. The van der Waals surface area contributed by atoms with Crippen LogP contribution in [-0.2, 0) is 11.3 Å². The summed E-state index contributed by atoms with van der Waals surface area (Å²) in [7, 11) is 0. The fourth-order valence-corrected chi connectivity index (χ4v) is 3.99. The van der Waals surface area contributed by atoms with Gasteiger partial charge in [-0.2, -0.15) is 0 Å². The molecule has 160 valence electrons. The highest BCUT2D eigenvalue weighted by Crippen LogP contribution is 2.26. The van der Waals surface area contributed by atoms with Gasteiger partial charge in [-0.05, 0) is 30.7 Å². The van der Waals surface area contributed by atoms with Gasteiger partial charge in [-0.3, -0.25) is 25.0 Å². The Morgan fingerprint density at radius 2 is 1.94 bits per heavy atom. The molecule has 0 bridgehead atoms. The van der Waals surface area contributed by atoms with E-state index in [1.165, 1.54) is 30.3 Å². The molecule has 0 aliphatic carbocycles. The van der Waals surface area contributed by atoms with Crippen LogP contribution in [0, 0.1) is 22.9 Å². The fraction of sp³-hybridized carbons (Fsp3) is 0.158. The molecular weight excluding hydrogens is 445 g/mol. The van der Waals surface area contributed by atoms with Crippen molar-refractivity contribution in [3.8, 4) is 0 Å². The quantitative estimate of drug-likeness (QED) is 0.227. The average molecular weight is 462 g/mol. The van der Waals surface area contributed by atoms with Gasteiger partial charge in [-0.15, -0.1) is 10.2 Å². The number of nitrogens with one attached hydrogen (secondary N) is 2. The van der Waals surface area contributed by atoms with Crippen molar-refractivity contribution >= 4 is 45.7 Å². The van der Waals surface area contributed by atoms with Gasteiger partial charge in [0.25, 0.3) is 11.6 Å². The van der Waals surface area contributed by atoms with E-state index in [9.17, 15) is 24.1 Å². The molecule has 2 N–H and O–H groups in total. The summed E-state index contributed by atoms with van der Waals surface area (Å²) in [6.45, 7) is 1.86. The van der Waals surface area contributed by atoms with E-state index < -0.39 is 10.8 Å². The van der Waals surface area contributed by atoms with Crippen LogP contribution in [0.4, 0.5) is 15.2 Å². The van der Waals surface area contributed by atoms with E-state index in [4.69, 9.17) is 0 Å². The van der Waals surface area contributed by atoms with Crippen molar-refractivity contribution in [2.45, 2.75) is 17.8 Å². The van der Waals surface area contributed by atoms with Crippen LogP contribution in [0.2, 0.25) is 0 Å². The topological polar surface area (TPSA) is 127 Å². The largest absolute Gasteiger partial charge is 0.351 e. The molecule has 2 aromatic carbocycles. The van der Waals surface area contributed by atoms with E-state index in [2.05, 4.69) is 20.8 Å². The smallest absolute Gasteiger partial charge is 0.273 e. The number of hydrogen-bond acceptors (Lipinski definition) is 8. The molecule has 0 saturated carbocycles. The number of rotatable bonds is 8. The summed E-state index contributed by atoms with van der Waals surface area (Å²) in [6, 6.07) is 10.0. The third kappa shape index (κ3) is 6.30. The van der Waals surface area contributed by atoms with Gasteiger partial charge in [0.2, 0.25) is 11.0 Å². The summed E-state index contributed by atoms with van der Waals surface area (Å²) in [5.74, 6) is -1.03. The highest BCUT2D eigenvalue weighted by Gasteiger charge is 2.17. The van der Waals surface area contributed by atoms with Gasteiger partial charge >= 0.3 is 0 Å². The van der Waals surface area contributed by atoms with Crippen LogP contribution >= 0.6 is 23.1 Å². The van der Waals surface area contributed by atoms with Gasteiger partial charge in [0.1, 0.15) is 5.82 Å². The second-order valence-electron chi connectivity index (χ2n) is 6.28. The first-order valence-corrected chi connectivity index (χ1v) is 10.7. The molecule has 0 aliphatic rings. The number of benzene rings is 2. The Hall–Kier alpha value is -3.38. The highest BCUT2D eigenvalue weighted by molar-refractivity contribution is 8.01. The van der Waals surface area contributed by atoms with Crippen molar-refractivity contribution in [1.82, 2.24) is 15.5 Å². The minimum Gasteiger partial charge on any atom is -0.351 e. The summed E-state index contributed by atoms with van der Waals surface area (Å²) in [6.07, 6.45) is 0. The monoisotopic (exact) mass is 461 g/mol. The van der Waals surface area contributed by atoms with Gasteiger partial charge in [0, 0.05) is 23.7 Å². The van der Waals surface area contributed by atoms with Crippen molar-refractivity contribution in [2.75, 3.05) is 11.1 Å². The predicted octanol–water partition coefficient (Wildman–Crippen LogP) is 3.55. The Labute approximate surface area is 184 Å². The van der Waals surface area contributed by atoms with E-state index in [1.54, 1.807) is 19.1 Å². The number of aromatic nitrogens is 2. The van der Waals surface area contributed by atoms with Gasteiger partial charge in [0.15, 0.2) is 4.34 Å². The van der Waals surface area contributed by atoms with Crippen LogP contribution in [0.25, 0.3) is 0 Å². The predicted molar refractivity (Wildman–Crippen MR) is 115 cm³/mol. The van der Waals surface area contributed by atoms with Gasteiger partial charge < -0.3 is 5.32 Å². The molecule has 3 rings (SSSR count). The van der Waals surface area contributed by atoms with E-state index in [-0.39, 0.29) is 40.4 Å². The van der Waals surface area contributed by atoms with E-state index in [0.29, 0.717) is 9.90 Å². The molecule has 2 amide bonds. The number of aryl methyl sites for hydroxylation is 1. The first-order chi connectivity index (χ1) is 14.8. The zero-order valence-corrected chi connectivity index (χ0v) is 17.8. The molecule has 31 heavy (non-hydrogen) atoms. The summed E-state index contributed by atoms with van der Waals surface area (Å²) < 4.78 is 13.4. The molecule has 12 heteroatoms. The maximum atomic E-state index is 12.9. The van der Waals surface area contributed by atoms with E-state index >= 15 is 0 Å². The van der Waals surface area contributed by atoms with Gasteiger partial charge in [-0.1, -0.05) is 41.3 Å². The highest BCUT2D eigenvalue weighted by atomic mass is 32.2. The Balaban J connectivity index is 1.50. The molecule has 0 unspecified atom stereocenters. The summed E-state index contributed by atoms with van der Waals surface area (Å²) in [5, 5.41) is 24.3. The molecule has 0 atom stereocenters. The molecule has 0 saturated heterocycles. The molecule has 3 aromatic rings. The number of nitro benzene ring substituents is 1. The lowest BCUT2D eigenvalue weighted by molar-refractivity contribution is -0.385. The third-order valence-corrected chi connectivity index (χ3v) is 6.00. The Bertz CT molecular complexity index is 1120. The Morgan fingerprint density at radius 3 is 2.65 bits per heavy atom. The van der Waals surface area contributed by atoms with Crippen molar-refractivity contribution in [3.05, 3.63) is 75.1 Å². The maximum Gasteiger partial charge on any atom is 0.273 e. The molecule has 0 fully saturated rings. The number of carbonyl (C=O) groups excluding carboxylic acids is 2. The summed E-state index contributed by atoms with van der Waals surface area (Å²) in [5.41, 5.74) is 1.21. The average Bonchev–Trinajstić information content (AvgIpc) is 3.19. The summed E-state index contributed by atoms with van der Waals surface area (Å²) in [4.78, 5) is 34.8. The second-order valence-corrected chi connectivity index (χ2v) is 8.48. The first kappa shape index (κ1) is 22.3. The molecule has 0 radical (unpaired) electrons. The standard InChI is InChI=1S/C19H16FN5O4S2/c1-11-2-5-13(8-15(11)25(28)29)17(27)22-18-23-24-19(31-18)30-10-16(26)21-9-12-3-6-14(20)7-4-12/h2-8H,9-10H2,1H3,(H,21,26)(H,22,23,27). The normalized spacial score (nSPS) is 10.5. The number of amides is 2. The van der Waals surface area contributed by atoms with Crippen molar-refractivity contribution in [2.24, 2.45) is 0 Å². The van der Waals surface area contributed by atoms with Crippen molar-refractivity contribution in [3.63, 3.8) is 0 Å². The lowest BCUT2D eigenvalue weighted by Crippen LogP contribution is -2.24. The number of nitro groups is 1. The number of hydrogen-bond donors (Lipinski definition) is 2. The molecule has 9 nitrogen and oxygen atoms in total. The Morgan fingerprint density at radius 1 is 1.19 bits per heavy atom. The van der Waals surface area contributed by atoms with E-state index in [1.807, 2.05) is 0 Å². The van der Waals surface area contributed by atoms with Crippen LogP contribution in [0.15, 0.2) is 46.8 Å². The van der Waals surface area contributed by atoms with Crippen molar-refractivity contribution in [1.29, 1.82) is 0 Å². The number of nitrogens with zero attached hydrogens (tertiary/aromatic N) is 3. The van der Waals surface area contributed by atoms with Gasteiger partial charge in [0.05, 0.1) is 10.7 Å². The number of thioether (sulfide) groups is 1. The molecule has 1 aromatic heterocycles. The number of carbonyl (C=O) groups is 2. The van der Waals surface area contributed by atoms with Crippen molar-refractivity contribution < 1.29 is 18.9 Å².